The highest BCUT2D eigenvalue weighted by atomic mass is 35.5. The highest BCUT2D eigenvalue weighted by molar-refractivity contribution is 6.42. The monoisotopic (exact) mass is 301 g/mol. The van der Waals surface area contributed by atoms with Gasteiger partial charge in [-0.3, -0.25) is 9.59 Å². The number of rotatable bonds is 3. The minimum atomic E-state index is -0.714. The molecule has 0 aromatic heterocycles. The summed E-state index contributed by atoms with van der Waals surface area (Å²) in [5, 5.41) is 0.879. The summed E-state index contributed by atoms with van der Waals surface area (Å²) >= 11 is 11.8. The molecule has 1 aromatic rings. The first kappa shape index (κ1) is 14.2. The zero-order valence-electron chi connectivity index (χ0n) is 10.4. The summed E-state index contributed by atoms with van der Waals surface area (Å²) in [6.45, 7) is 2.49. The van der Waals surface area contributed by atoms with E-state index in [1.165, 1.54) is 0 Å². The van der Waals surface area contributed by atoms with Crippen molar-refractivity contribution in [1.29, 1.82) is 0 Å². The van der Waals surface area contributed by atoms with Crippen LogP contribution < -0.4 is 4.90 Å². The SMILES string of the molecule is CCOC(=O)C1CN(c2ccc(Cl)c(Cl)c2)CC1=O. The molecule has 1 aliphatic rings. The van der Waals surface area contributed by atoms with Crippen LogP contribution in [0.25, 0.3) is 0 Å². The smallest absolute Gasteiger partial charge is 0.318 e. The molecule has 1 atom stereocenters. The van der Waals surface area contributed by atoms with Gasteiger partial charge in [-0.15, -0.1) is 0 Å². The number of halogens is 2. The van der Waals surface area contributed by atoms with Crippen LogP contribution in [-0.2, 0) is 14.3 Å². The lowest BCUT2D eigenvalue weighted by atomic mass is 10.1. The molecule has 102 valence electrons. The predicted octanol–water partition coefficient (Wildman–Crippen LogP) is 2.56. The van der Waals surface area contributed by atoms with E-state index in [1.807, 2.05) is 0 Å². The quantitative estimate of drug-likeness (QED) is 0.636. The maximum atomic E-state index is 11.8. The lowest BCUT2D eigenvalue weighted by Gasteiger charge is -2.17. The molecule has 1 aliphatic heterocycles. The number of anilines is 1. The van der Waals surface area contributed by atoms with E-state index in [0.717, 1.165) is 5.69 Å². The van der Waals surface area contributed by atoms with Crippen LogP contribution in [0, 0.1) is 5.92 Å². The van der Waals surface area contributed by atoms with Crippen molar-refractivity contribution in [3.63, 3.8) is 0 Å². The first-order valence-electron chi connectivity index (χ1n) is 5.92. The molecule has 0 bridgehead atoms. The second-order valence-electron chi connectivity index (χ2n) is 4.25. The molecule has 1 aromatic carbocycles. The third-order valence-electron chi connectivity index (χ3n) is 2.98. The maximum absolute atomic E-state index is 11.8. The van der Waals surface area contributed by atoms with Gasteiger partial charge in [0.25, 0.3) is 0 Å². The Morgan fingerprint density at radius 3 is 2.79 bits per heavy atom. The van der Waals surface area contributed by atoms with Crippen LogP contribution in [0.5, 0.6) is 0 Å². The molecular formula is C13H13Cl2NO3. The molecule has 0 spiro atoms. The van der Waals surface area contributed by atoms with Gasteiger partial charge in [0.05, 0.1) is 23.2 Å². The summed E-state index contributed by atoms with van der Waals surface area (Å²) < 4.78 is 4.89. The predicted molar refractivity (Wildman–Crippen MR) is 73.8 cm³/mol. The third kappa shape index (κ3) is 3.01. The molecule has 1 unspecified atom stereocenters. The lowest BCUT2D eigenvalue weighted by molar-refractivity contribution is -0.149. The molecule has 6 heteroatoms. The second kappa shape index (κ2) is 5.80. The first-order valence-corrected chi connectivity index (χ1v) is 6.68. The minimum Gasteiger partial charge on any atom is -0.465 e. The van der Waals surface area contributed by atoms with Gasteiger partial charge in [-0.25, -0.2) is 0 Å². The number of carbonyl (C=O) groups excluding carboxylic acids is 2. The summed E-state index contributed by atoms with van der Waals surface area (Å²) in [5.41, 5.74) is 0.773. The standard InChI is InChI=1S/C13H13Cl2NO3/c1-2-19-13(18)9-6-16(7-12(9)17)8-3-4-10(14)11(15)5-8/h3-5,9H,2,6-7H2,1H3. The summed E-state index contributed by atoms with van der Waals surface area (Å²) in [4.78, 5) is 25.3. The molecule has 19 heavy (non-hydrogen) atoms. The van der Waals surface area contributed by atoms with Gasteiger partial charge in [0.2, 0.25) is 0 Å². The number of hydrogen-bond acceptors (Lipinski definition) is 4. The molecular weight excluding hydrogens is 289 g/mol. The fourth-order valence-electron chi connectivity index (χ4n) is 2.01. The summed E-state index contributed by atoms with van der Waals surface area (Å²) in [7, 11) is 0. The van der Waals surface area contributed by atoms with E-state index in [4.69, 9.17) is 27.9 Å². The van der Waals surface area contributed by atoms with Crippen LogP contribution in [0.15, 0.2) is 18.2 Å². The van der Waals surface area contributed by atoms with Gasteiger partial charge in [-0.05, 0) is 25.1 Å². The number of hydrogen-bond donors (Lipinski definition) is 0. The van der Waals surface area contributed by atoms with E-state index in [0.29, 0.717) is 16.6 Å². The van der Waals surface area contributed by atoms with E-state index in [1.54, 1.807) is 30.0 Å². The molecule has 0 saturated carbocycles. The number of carbonyl (C=O) groups is 2. The molecule has 0 radical (unpaired) electrons. The van der Waals surface area contributed by atoms with Crippen LogP contribution in [0.3, 0.4) is 0 Å². The highest BCUT2D eigenvalue weighted by Gasteiger charge is 2.37. The Bertz CT molecular complexity index is 519. The normalized spacial score (nSPS) is 18.8. The maximum Gasteiger partial charge on any atom is 0.318 e. The molecule has 0 N–H and O–H groups in total. The van der Waals surface area contributed by atoms with Gasteiger partial charge in [0.1, 0.15) is 5.92 Å². The van der Waals surface area contributed by atoms with Gasteiger partial charge in [0, 0.05) is 12.2 Å². The molecule has 0 amide bonds. The number of Topliss-reactive ketones (excluding diaryl/α,β-unsaturated/α-hetero) is 1. The van der Waals surface area contributed by atoms with Gasteiger partial charge in [-0.1, -0.05) is 23.2 Å². The van der Waals surface area contributed by atoms with E-state index in [2.05, 4.69) is 0 Å². The molecule has 2 rings (SSSR count). The largest absolute Gasteiger partial charge is 0.465 e. The molecule has 1 saturated heterocycles. The second-order valence-corrected chi connectivity index (χ2v) is 5.06. The molecule has 1 heterocycles. The summed E-state index contributed by atoms with van der Waals surface area (Å²) in [6, 6.07) is 5.13. The average Bonchev–Trinajstić information content (AvgIpc) is 2.75. The molecule has 4 nitrogen and oxygen atoms in total. The van der Waals surface area contributed by atoms with E-state index in [-0.39, 0.29) is 18.9 Å². The van der Waals surface area contributed by atoms with Gasteiger partial charge in [-0.2, -0.15) is 0 Å². The fraction of sp³-hybridized carbons (Fsp3) is 0.385. The Kier molecular flexibility index (Phi) is 4.32. The van der Waals surface area contributed by atoms with Crippen molar-refractivity contribution in [3.05, 3.63) is 28.2 Å². The summed E-state index contributed by atoms with van der Waals surface area (Å²) in [6.07, 6.45) is 0. The van der Waals surface area contributed by atoms with Crippen molar-refractivity contribution in [2.45, 2.75) is 6.92 Å². The van der Waals surface area contributed by atoms with Gasteiger partial charge >= 0.3 is 5.97 Å². The minimum absolute atomic E-state index is 0.135. The Hall–Kier alpha value is -1.26. The van der Waals surface area contributed by atoms with Crippen molar-refractivity contribution in [1.82, 2.24) is 0 Å². The van der Waals surface area contributed by atoms with Crippen molar-refractivity contribution in [3.8, 4) is 0 Å². The van der Waals surface area contributed by atoms with Crippen LogP contribution in [0.1, 0.15) is 6.92 Å². The van der Waals surface area contributed by atoms with Crippen LogP contribution in [-0.4, -0.2) is 31.4 Å². The van der Waals surface area contributed by atoms with Crippen molar-refractivity contribution in [2.24, 2.45) is 5.92 Å². The number of ether oxygens (including phenoxy) is 1. The zero-order chi connectivity index (χ0) is 14.0. The van der Waals surface area contributed by atoms with Crippen molar-refractivity contribution < 1.29 is 14.3 Å². The lowest BCUT2D eigenvalue weighted by Crippen LogP contribution is -2.25. The van der Waals surface area contributed by atoms with E-state index < -0.39 is 11.9 Å². The van der Waals surface area contributed by atoms with Gasteiger partial charge in [0.15, 0.2) is 5.78 Å². The zero-order valence-corrected chi connectivity index (χ0v) is 11.9. The Labute approximate surface area is 121 Å². The number of esters is 1. The Morgan fingerprint density at radius 2 is 2.16 bits per heavy atom. The average molecular weight is 302 g/mol. The number of ketones is 1. The molecule has 1 fully saturated rings. The Morgan fingerprint density at radius 1 is 1.42 bits per heavy atom. The van der Waals surface area contributed by atoms with Crippen molar-refractivity contribution >= 4 is 40.6 Å². The summed E-state index contributed by atoms with van der Waals surface area (Å²) in [5.74, 6) is -1.31. The van der Waals surface area contributed by atoms with Crippen molar-refractivity contribution in [2.75, 3.05) is 24.6 Å². The Balaban J connectivity index is 2.14. The molecule has 0 aliphatic carbocycles. The van der Waals surface area contributed by atoms with Crippen LogP contribution in [0.4, 0.5) is 5.69 Å². The first-order chi connectivity index (χ1) is 9.02. The number of nitrogens with zero attached hydrogens (tertiary/aromatic N) is 1. The third-order valence-corrected chi connectivity index (χ3v) is 3.72. The van der Waals surface area contributed by atoms with E-state index >= 15 is 0 Å². The number of benzene rings is 1. The van der Waals surface area contributed by atoms with E-state index in [9.17, 15) is 9.59 Å². The fourth-order valence-corrected chi connectivity index (χ4v) is 2.30. The van der Waals surface area contributed by atoms with Crippen LogP contribution >= 0.6 is 23.2 Å². The highest BCUT2D eigenvalue weighted by Crippen LogP contribution is 2.29. The van der Waals surface area contributed by atoms with Crippen LogP contribution in [0.2, 0.25) is 10.0 Å². The topological polar surface area (TPSA) is 46.6 Å². The van der Waals surface area contributed by atoms with Gasteiger partial charge < -0.3 is 9.64 Å².